The van der Waals surface area contributed by atoms with Crippen molar-refractivity contribution in [3.8, 4) is 22.0 Å². The summed E-state index contributed by atoms with van der Waals surface area (Å²) in [6, 6.07) is 13.5. The SMILES string of the molecule is CCC(C)NC(=O)c1cc(-c2csc(-c3ccccc3Cl)n2)n(Cc2ccco2)c1C. The lowest BCUT2D eigenvalue weighted by molar-refractivity contribution is 0.0938. The zero-order valence-electron chi connectivity index (χ0n) is 17.7. The number of furan rings is 1. The van der Waals surface area contributed by atoms with Crippen LogP contribution in [0.3, 0.4) is 0 Å². The molecule has 0 spiro atoms. The van der Waals surface area contributed by atoms with Crippen LogP contribution in [-0.4, -0.2) is 21.5 Å². The number of halogens is 1. The molecule has 0 aliphatic rings. The van der Waals surface area contributed by atoms with Crippen LogP contribution in [0.1, 0.15) is 42.1 Å². The summed E-state index contributed by atoms with van der Waals surface area (Å²) >= 11 is 7.90. The van der Waals surface area contributed by atoms with Gasteiger partial charge in [-0.3, -0.25) is 4.79 Å². The standard InChI is InChI=1S/C24H24ClN3O2S/c1-4-15(2)26-23(29)19-12-22(28(16(19)3)13-17-8-7-11-30-17)21-14-31-24(27-21)18-9-5-6-10-20(18)25/h5-12,14-15H,4,13H2,1-3H3,(H,26,29). The molecule has 0 bridgehead atoms. The van der Waals surface area contributed by atoms with E-state index in [0.29, 0.717) is 17.1 Å². The van der Waals surface area contributed by atoms with Crippen molar-refractivity contribution in [3.63, 3.8) is 0 Å². The summed E-state index contributed by atoms with van der Waals surface area (Å²) in [5.74, 6) is 0.739. The zero-order chi connectivity index (χ0) is 22.0. The van der Waals surface area contributed by atoms with E-state index in [-0.39, 0.29) is 11.9 Å². The van der Waals surface area contributed by atoms with Gasteiger partial charge in [-0.25, -0.2) is 4.98 Å². The topological polar surface area (TPSA) is 60.1 Å². The van der Waals surface area contributed by atoms with Crippen molar-refractivity contribution in [2.45, 2.75) is 39.8 Å². The number of nitrogens with one attached hydrogen (secondary N) is 1. The van der Waals surface area contributed by atoms with Crippen molar-refractivity contribution in [2.75, 3.05) is 0 Å². The minimum atomic E-state index is -0.0761. The largest absolute Gasteiger partial charge is 0.467 e. The van der Waals surface area contributed by atoms with Crippen molar-refractivity contribution >= 4 is 28.8 Å². The van der Waals surface area contributed by atoms with Crippen molar-refractivity contribution in [3.05, 3.63) is 76.1 Å². The molecule has 5 nitrogen and oxygen atoms in total. The van der Waals surface area contributed by atoms with E-state index in [4.69, 9.17) is 21.0 Å². The summed E-state index contributed by atoms with van der Waals surface area (Å²) in [5.41, 5.74) is 4.10. The number of nitrogens with zero attached hydrogens (tertiary/aromatic N) is 2. The predicted octanol–water partition coefficient (Wildman–Crippen LogP) is 6.41. The Kier molecular flexibility index (Phi) is 6.30. The maximum absolute atomic E-state index is 12.9. The maximum atomic E-state index is 12.9. The van der Waals surface area contributed by atoms with Gasteiger partial charge in [-0.15, -0.1) is 11.3 Å². The van der Waals surface area contributed by atoms with Gasteiger partial charge >= 0.3 is 0 Å². The van der Waals surface area contributed by atoms with Crippen molar-refractivity contribution < 1.29 is 9.21 Å². The molecular weight excluding hydrogens is 430 g/mol. The van der Waals surface area contributed by atoms with Gasteiger partial charge in [-0.1, -0.05) is 36.7 Å². The Balaban J connectivity index is 1.76. The third-order valence-corrected chi connectivity index (χ3v) is 6.57. The normalized spacial score (nSPS) is 12.1. The Bertz CT molecular complexity index is 1190. The van der Waals surface area contributed by atoms with Gasteiger partial charge in [0.25, 0.3) is 5.91 Å². The molecule has 1 atom stereocenters. The van der Waals surface area contributed by atoms with E-state index in [9.17, 15) is 4.79 Å². The number of carbonyl (C=O) groups is 1. The second-order valence-corrected chi connectivity index (χ2v) is 8.76. The van der Waals surface area contributed by atoms with Gasteiger partial charge in [0.2, 0.25) is 0 Å². The number of amides is 1. The van der Waals surface area contributed by atoms with E-state index < -0.39 is 0 Å². The lowest BCUT2D eigenvalue weighted by Gasteiger charge is -2.12. The first kappa shape index (κ1) is 21.4. The number of rotatable bonds is 7. The van der Waals surface area contributed by atoms with Gasteiger partial charge < -0.3 is 14.3 Å². The third kappa shape index (κ3) is 4.45. The molecule has 1 N–H and O–H groups in total. The molecule has 0 fully saturated rings. The molecule has 3 heterocycles. The van der Waals surface area contributed by atoms with Gasteiger partial charge in [-0.05, 0) is 44.5 Å². The average molecular weight is 454 g/mol. The minimum Gasteiger partial charge on any atom is -0.467 e. The maximum Gasteiger partial charge on any atom is 0.253 e. The summed E-state index contributed by atoms with van der Waals surface area (Å²) in [7, 11) is 0. The highest BCUT2D eigenvalue weighted by atomic mass is 35.5. The van der Waals surface area contributed by atoms with Gasteiger partial charge in [0.05, 0.1) is 34.8 Å². The molecule has 160 valence electrons. The second-order valence-electron chi connectivity index (χ2n) is 7.49. The highest BCUT2D eigenvalue weighted by Crippen LogP contribution is 2.34. The Morgan fingerprint density at radius 2 is 2.10 bits per heavy atom. The summed E-state index contributed by atoms with van der Waals surface area (Å²) in [4.78, 5) is 17.8. The van der Waals surface area contributed by atoms with E-state index in [1.165, 1.54) is 11.3 Å². The Hall–Kier alpha value is -2.83. The van der Waals surface area contributed by atoms with Crippen molar-refractivity contribution in [1.82, 2.24) is 14.9 Å². The van der Waals surface area contributed by atoms with E-state index in [1.54, 1.807) is 6.26 Å². The molecule has 1 amide bonds. The Labute approximate surface area is 190 Å². The molecule has 0 aliphatic heterocycles. The van der Waals surface area contributed by atoms with Crippen LogP contribution < -0.4 is 5.32 Å². The summed E-state index contributed by atoms with van der Waals surface area (Å²) in [6.07, 6.45) is 2.53. The summed E-state index contributed by atoms with van der Waals surface area (Å²) in [5, 5.41) is 6.58. The number of thiazole rings is 1. The van der Waals surface area contributed by atoms with Crippen LogP contribution in [0, 0.1) is 6.92 Å². The molecule has 0 radical (unpaired) electrons. The Morgan fingerprint density at radius 3 is 2.81 bits per heavy atom. The fourth-order valence-corrected chi connectivity index (χ4v) is 4.54. The minimum absolute atomic E-state index is 0.0761. The second kappa shape index (κ2) is 9.12. The molecule has 4 aromatic rings. The lowest BCUT2D eigenvalue weighted by Crippen LogP contribution is -2.32. The molecule has 3 aromatic heterocycles. The number of carbonyl (C=O) groups excluding carboxylic acids is 1. The van der Waals surface area contributed by atoms with Crippen LogP contribution in [0.2, 0.25) is 5.02 Å². The number of hydrogen-bond donors (Lipinski definition) is 1. The van der Waals surface area contributed by atoms with Gasteiger partial charge in [0.15, 0.2) is 0 Å². The van der Waals surface area contributed by atoms with Gasteiger partial charge in [-0.2, -0.15) is 0 Å². The van der Waals surface area contributed by atoms with Crippen molar-refractivity contribution in [2.24, 2.45) is 0 Å². The van der Waals surface area contributed by atoms with Gasteiger partial charge in [0.1, 0.15) is 10.8 Å². The van der Waals surface area contributed by atoms with E-state index in [1.807, 2.05) is 61.7 Å². The van der Waals surface area contributed by atoms with Crippen LogP contribution >= 0.6 is 22.9 Å². The molecule has 0 aliphatic carbocycles. The number of benzene rings is 1. The monoisotopic (exact) mass is 453 g/mol. The molecule has 4 rings (SSSR count). The first-order valence-corrected chi connectivity index (χ1v) is 11.5. The summed E-state index contributed by atoms with van der Waals surface area (Å²) < 4.78 is 7.65. The molecule has 1 unspecified atom stereocenters. The van der Waals surface area contributed by atoms with Crippen LogP contribution in [0.25, 0.3) is 22.0 Å². The Morgan fingerprint density at radius 1 is 1.29 bits per heavy atom. The van der Waals surface area contributed by atoms with Crippen LogP contribution in [0.15, 0.2) is 58.5 Å². The summed E-state index contributed by atoms with van der Waals surface area (Å²) in [6.45, 7) is 6.53. The first-order valence-electron chi connectivity index (χ1n) is 10.2. The van der Waals surface area contributed by atoms with E-state index in [2.05, 4.69) is 16.8 Å². The van der Waals surface area contributed by atoms with Gasteiger partial charge in [0, 0.05) is 22.7 Å². The predicted molar refractivity (Wildman–Crippen MR) is 126 cm³/mol. The molecule has 7 heteroatoms. The fourth-order valence-electron chi connectivity index (χ4n) is 3.40. The molecule has 0 saturated heterocycles. The molecule has 1 aromatic carbocycles. The van der Waals surface area contributed by atoms with E-state index in [0.717, 1.165) is 39.8 Å². The lowest BCUT2D eigenvalue weighted by atomic mass is 10.2. The highest BCUT2D eigenvalue weighted by molar-refractivity contribution is 7.13. The quantitative estimate of drug-likeness (QED) is 0.351. The number of aromatic nitrogens is 2. The molecule has 0 saturated carbocycles. The molecular formula is C24H24ClN3O2S. The van der Waals surface area contributed by atoms with Crippen LogP contribution in [0.4, 0.5) is 0 Å². The smallest absolute Gasteiger partial charge is 0.253 e. The zero-order valence-corrected chi connectivity index (χ0v) is 19.3. The fraction of sp³-hybridized carbons (Fsp3) is 0.250. The van der Waals surface area contributed by atoms with Crippen LogP contribution in [0.5, 0.6) is 0 Å². The van der Waals surface area contributed by atoms with E-state index >= 15 is 0 Å². The third-order valence-electron chi connectivity index (χ3n) is 5.37. The molecule has 31 heavy (non-hydrogen) atoms. The number of hydrogen-bond acceptors (Lipinski definition) is 4. The average Bonchev–Trinajstić information content (AvgIpc) is 3.50. The van der Waals surface area contributed by atoms with Crippen LogP contribution in [-0.2, 0) is 6.54 Å². The first-order chi connectivity index (χ1) is 15.0. The van der Waals surface area contributed by atoms with Crippen molar-refractivity contribution in [1.29, 1.82) is 0 Å². The highest BCUT2D eigenvalue weighted by Gasteiger charge is 2.22.